The summed E-state index contributed by atoms with van der Waals surface area (Å²) in [5.74, 6) is -0.466. The lowest BCUT2D eigenvalue weighted by molar-refractivity contribution is -0.118. The van der Waals surface area contributed by atoms with Crippen LogP contribution in [0.3, 0.4) is 0 Å². The van der Waals surface area contributed by atoms with Gasteiger partial charge in [-0.2, -0.15) is 0 Å². The third-order valence-electron chi connectivity index (χ3n) is 4.82. The average molecular weight is 457 g/mol. The zero-order chi connectivity index (χ0) is 23.3. The molecule has 168 valence electrons. The third kappa shape index (κ3) is 6.31. The maximum atomic E-state index is 13.4. The van der Waals surface area contributed by atoms with Crippen molar-refractivity contribution < 1.29 is 22.3 Å². The summed E-state index contributed by atoms with van der Waals surface area (Å²) >= 11 is 0. The molecule has 0 aliphatic carbocycles. The van der Waals surface area contributed by atoms with Crippen molar-refractivity contribution in [3.05, 3.63) is 89.2 Å². The number of halogens is 1. The van der Waals surface area contributed by atoms with Crippen LogP contribution in [0.5, 0.6) is 5.75 Å². The summed E-state index contributed by atoms with van der Waals surface area (Å²) < 4.78 is 44.8. The van der Waals surface area contributed by atoms with Crippen LogP contribution >= 0.6 is 0 Å². The summed E-state index contributed by atoms with van der Waals surface area (Å²) in [5.41, 5.74) is 3.57. The second kappa shape index (κ2) is 9.82. The number of carbonyl (C=O) groups is 1. The molecule has 0 aliphatic rings. The molecule has 3 rings (SSSR count). The van der Waals surface area contributed by atoms with Crippen LogP contribution < -0.4 is 14.4 Å². The van der Waals surface area contributed by atoms with Crippen molar-refractivity contribution in [3.8, 4) is 5.75 Å². The van der Waals surface area contributed by atoms with Gasteiger partial charge in [-0.05, 0) is 61.4 Å². The number of sulfonamides is 1. The number of hydrogen-bond acceptors (Lipinski definition) is 4. The molecule has 0 bridgehead atoms. The first kappa shape index (κ1) is 23.3. The smallest absolute Gasteiger partial charge is 0.262 e. The minimum Gasteiger partial charge on any atom is -0.484 e. The topological polar surface area (TPSA) is 75.7 Å². The Balaban J connectivity index is 1.65. The second-order valence-corrected chi connectivity index (χ2v) is 9.45. The standard InChI is InChI=1S/C24H25FN2O4S/c1-17-4-7-19(8-5-17)15-27(32(3,29)30)21-10-12-22(13-11-21)31-16-24(28)26-23-14-20(25)9-6-18(23)2/h4-14H,15-16H2,1-3H3,(H,26,28). The van der Waals surface area contributed by atoms with Crippen molar-refractivity contribution in [2.24, 2.45) is 0 Å². The summed E-state index contributed by atoms with van der Waals surface area (Å²) in [6.45, 7) is 3.67. The van der Waals surface area contributed by atoms with Crippen LogP contribution in [0, 0.1) is 19.7 Å². The molecule has 3 aromatic carbocycles. The van der Waals surface area contributed by atoms with Gasteiger partial charge in [-0.3, -0.25) is 9.10 Å². The van der Waals surface area contributed by atoms with Gasteiger partial charge < -0.3 is 10.1 Å². The van der Waals surface area contributed by atoms with Gasteiger partial charge in [-0.25, -0.2) is 12.8 Å². The molecule has 6 nitrogen and oxygen atoms in total. The number of carbonyl (C=O) groups excluding carboxylic acids is 1. The highest BCUT2D eigenvalue weighted by Crippen LogP contribution is 2.24. The molecule has 0 heterocycles. The molecular formula is C24H25FN2O4S. The van der Waals surface area contributed by atoms with Crippen LogP contribution in [-0.4, -0.2) is 27.2 Å². The molecule has 8 heteroatoms. The van der Waals surface area contributed by atoms with Crippen LogP contribution in [0.25, 0.3) is 0 Å². The van der Waals surface area contributed by atoms with Gasteiger partial charge in [-0.1, -0.05) is 35.9 Å². The van der Waals surface area contributed by atoms with Crippen molar-refractivity contribution in [1.82, 2.24) is 0 Å². The van der Waals surface area contributed by atoms with E-state index in [0.717, 1.165) is 22.9 Å². The molecule has 0 unspecified atom stereocenters. The van der Waals surface area contributed by atoms with Gasteiger partial charge in [0.25, 0.3) is 5.91 Å². The Labute approximate surface area is 187 Å². The van der Waals surface area contributed by atoms with Crippen LogP contribution in [0.15, 0.2) is 66.7 Å². The van der Waals surface area contributed by atoms with Gasteiger partial charge >= 0.3 is 0 Å². The summed E-state index contributed by atoms with van der Waals surface area (Å²) in [5, 5.41) is 2.61. The summed E-state index contributed by atoms with van der Waals surface area (Å²) in [6, 6.07) is 18.2. The molecule has 0 saturated carbocycles. The van der Waals surface area contributed by atoms with E-state index < -0.39 is 21.7 Å². The molecule has 3 aromatic rings. The lowest BCUT2D eigenvalue weighted by Gasteiger charge is -2.23. The number of hydrogen-bond donors (Lipinski definition) is 1. The number of aryl methyl sites for hydroxylation is 2. The lowest BCUT2D eigenvalue weighted by atomic mass is 10.1. The number of amides is 1. The highest BCUT2D eigenvalue weighted by molar-refractivity contribution is 7.92. The SMILES string of the molecule is Cc1ccc(CN(c2ccc(OCC(=O)Nc3cc(F)ccc3C)cc2)S(C)(=O)=O)cc1. The molecule has 0 saturated heterocycles. The van der Waals surface area contributed by atoms with Gasteiger partial charge in [0.2, 0.25) is 10.0 Å². The number of rotatable bonds is 8. The van der Waals surface area contributed by atoms with E-state index in [1.54, 1.807) is 37.3 Å². The Kier molecular flexibility index (Phi) is 7.15. The Morgan fingerprint density at radius 1 is 1.00 bits per heavy atom. The van der Waals surface area contributed by atoms with E-state index in [0.29, 0.717) is 17.1 Å². The van der Waals surface area contributed by atoms with Gasteiger partial charge in [0.15, 0.2) is 6.61 Å². The maximum Gasteiger partial charge on any atom is 0.262 e. The predicted molar refractivity (Wildman–Crippen MR) is 124 cm³/mol. The first-order valence-corrected chi connectivity index (χ1v) is 11.8. The van der Waals surface area contributed by atoms with Crippen molar-refractivity contribution in [2.75, 3.05) is 22.5 Å². The zero-order valence-corrected chi connectivity index (χ0v) is 18.9. The van der Waals surface area contributed by atoms with Crippen LogP contribution in [0.1, 0.15) is 16.7 Å². The molecule has 0 fully saturated rings. The van der Waals surface area contributed by atoms with E-state index >= 15 is 0 Å². The zero-order valence-electron chi connectivity index (χ0n) is 18.1. The van der Waals surface area contributed by atoms with E-state index in [-0.39, 0.29) is 13.2 Å². The maximum absolute atomic E-state index is 13.4. The van der Waals surface area contributed by atoms with E-state index in [4.69, 9.17) is 4.74 Å². The fourth-order valence-corrected chi connectivity index (χ4v) is 3.92. The van der Waals surface area contributed by atoms with Crippen molar-refractivity contribution in [2.45, 2.75) is 20.4 Å². The Hall–Kier alpha value is -3.39. The van der Waals surface area contributed by atoms with Crippen LogP contribution in [0.2, 0.25) is 0 Å². The minimum absolute atomic E-state index is 0.203. The average Bonchev–Trinajstić information content (AvgIpc) is 2.74. The Morgan fingerprint density at radius 3 is 2.28 bits per heavy atom. The first-order valence-electron chi connectivity index (χ1n) is 9.94. The molecule has 0 atom stereocenters. The highest BCUT2D eigenvalue weighted by atomic mass is 32.2. The summed E-state index contributed by atoms with van der Waals surface area (Å²) in [6.07, 6.45) is 1.16. The molecular weight excluding hydrogens is 431 g/mol. The third-order valence-corrected chi connectivity index (χ3v) is 5.96. The Morgan fingerprint density at radius 2 is 1.66 bits per heavy atom. The number of benzene rings is 3. The van der Waals surface area contributed by atoms with Gasteiger partial charge in [0, 0.05) is 5.69 Å². The largest absolute Gasteiger partial charge is 0.484 e. The lowest BCUT2D eigenvalue weighted by Crippen LogP contribution is -2.29. The monoisotopic (exact) mass is 456 g/mol. The van der Waals surface area contributed by atoms with E-state index in [2.05, 4.69) is 5.32 Å². The highest BCUT2D eigenvalue weighted by Gasteiger charge is 2.18. The molecule has 1 N–H and O–H groups in total. The van der Waals surface area contributed by atoms with Crippen molar-refractivity contribution in [1.29, 1.82) is 0 Å². The van der Waals surface area contributed by atoms with Gasteiger partial charge in [-0.15, -0.1) is 0 Å². The summed E-state index contributed by atoms with van der Waals surface area (Å²) in [7, 11) is -3.51. The van der Waals surface area contributed by atoms with E-state index in [1.807, 2.05) is 31.2 Å². The van der Waals surface area contributed by atoms with Gasteiger partial charge in [0.1, 0.15) is 11.6 Å². The number of nitrogens with zero attached hydrogens (tertiary/aromatic N) is 1. The van der Waals surface area contributed by atoms with E-state index in [1.165, 1.54) is 16.4 Å². The number of nitrogens with one attached hydrogen (secondary N) is 1. The first-order chi connectivity index (χ1) is 15.1. The fraction of sp³-hybridized carbons (Fsp3) is 0.208. The van der Waals surface area contributed by atoms with Crippen LogP contribution in [-0.2, 0) is 21.4 Å². The minimum atomic E-state index is -3.51. The second-order valence-electron chi connectivity index (χ2n) is 7.55. The quantitative estimate of drug-likeness (QED) is 0.544. The Bertz CT molecular complexity index is 1190. The molecule has 1 amide bonds. The van der Waals surface area contributed by atoms with Crippen molar-refractivity contribution >= 4 is 27.3 Å². The molecule has 0 aliphatic heterocycles. The molecule has 0 aromatic heterocycles. The summed E-state index contributed by atoms with van der Waals surface area (Å²) in [4.78, 5) is 12.1. The van der Waals surface area contributed by atoms with Crippen LogP contribution in [0.4, 0.5) is 15.8 Å². The molecule has 0 spiro atoms. The molecule has 32 heavy (non-hydrogen) atoms. The van der Waals surface area contributed by atoms with Crippen molar-refractivity contribution in [3.63, 3.8) is 0 Å². The van der Waals surface area contributed by atoms with E-state index in [9.17, 15) is 17.6 Å². The molecule has 0 radical (unpaired) electrons. The number of ether oxygens (including phenoxy) is 1. The predicted octanol–water partition coefficient (Wildman–Crippen LogP) is 4.43. The van der Waals surface area contributed by atoms with Gasteiger partial charge in [0.05, 0.1) is 18.5 Å². The fourth-order valence-electron chi connectivity index (χ4n) is 3.03. The normalized spacial score (nSPS) is 11.1. The number of anilines is 2.